The van der Waals surface area contributed by atoms with Crippen LogP contribution in [0.4, 0.5) is 5.69 Å². The Labute approximate surface area is 153 Å². The van der Waals surface area contributed by atoms with Crippen LogP contribution in [0.15, 0.2) is 45.3 Å². The fraction of sp³-hybridized carbons (Fsp3) is 0.222. The molecule has 25 heavy (non-hydrogen) atoms. The molecule has 0 radical (unpaired) electrons. The Morgan fingerprint density at radius 1 is 1.24 bits per heavy atom. The lowest BCUT2D eigenvalue weighted by Crippen LogP contribution is -2.10. The van der Waals surface area contributed by atoms with Gasteiger partial charge < -0.3 is 14.5 Å². The molecule has 130 valence electrons. The maximum atomic E-state index is 12.3. The van der Waals surface area contributed by atoms with Crippen molar-refractivity contribution in [3.63, 3.8) is 0 Å². The summed E-state index contributed by atoms with van der Waals surface area (Å²) in [6, 6.07) is 10.6. The number of hydrogen-bond donors (Lipinski definition) is 1. The van der Waals surface area contributed by atoms with Crippen LogP contribution in [0.25, 0.3) is 0 Å². The molecule has 0 saturated heterocycles. The minimum atomic E-state index is -0.300. The van der Waals surface area contributed by atoms with Crippen LogP contribution in [0.2, 0.25) is 0 Å². The smallest absolute Gasteiger partial charge is 0.291 e. The van der Waals surface area contributed by atoms with Crippen molar-refractivity contribution < 1.29 is 13.9 Å². The minimum Gasteiger partial charge on any atom is -0.497 e. The van der Waals surface area contributed by atoms with Gasteiger partial charge in [-0.3, -0.25) is 9.48 Å². The van der Waals surface area contributed by atoms with Gasteiger partial charge in [0.1, 0.15) is 11.5 Å². The first-order valence-corrected chi connectivity index (χ1v) is 8.51. The number of benzene rings is 1. The summed E-state index contributed by atoms with van der Waals surface area (Å²) in [7, 11) is 1.60. The minimum absolute atomic E-state index is 0.256. The number of rotatable bonds is 5. The highest BCUT2D eigenvalue weighted by atomic mass is 79.9. The third-order valence-electron chi connectivity index (χ3n) is 3.83. The van der Waals surface area contributed by atoms with Gasteiger partial charge in [0.2, 0.25) is 0 Å². The normalized spacial score (nSPS) is 10.7. The van der Waals surface area contributed by atoms with E-state index in [0.717, 1.165) is 21.6 Å². The first-order chi connectivity index (χ1) is 12.0. The van der Waals surface area contributed by atoms with Crippen LogP contribution in [-0.2, 0) is 6.54 Å². The van der Waals surface area contributed by atoms with Gasteiger partial charge in [-0.05, 0) is 66.2 Å². The molecule has 0 aliphatic carbocycles. The van der Waals surface area contributed by atoms with E-state index in [1.807, 2.05) is 18.5 Å². The van der Waals surface area contributed by atoms with Crippen molar-refractivity contribution in [2.24, 2.45) is 0 Å². The van der Waals surface area contributed by atoms with Crippen LogP contribution in [0.3, 0.4) is 0 Å². The number of halogens is 1. The molecule has 3 rings (SSSR count). The zero-order valence-electron chi connectivity index (χ0n) is 14.2. The Kier molecular flexibility index (Phi) is 4.94. The van der Waals surface area contributed by atoms with Crippen LogP contribution in [0.1, 0.15) is 27.7 Å². The molecule has 6 nitrogen and oxygen atoms in total. The summed E-state index contributed by atoms with van der Waals surface area (Å²) in [6.45, 7) is 4.38. The third kappa shape index (κ3) is 3.76. The quantitative estimate of drug-likeness (QED) is 0.693. The summed E-state index contributed by atoms with van der Waals surface area (Å²) in [5.41, 5.74) is 2.60. The zero-order valence-corrected chi connectivity index (χ0v) is 15.8. The lowest BCUT2D eigenvalue weighted by molar-refractivity contribution is 0.0994. The summed E-state index contributed by atoms with van der Waals surface area (Å²) in [5.74, 6) is 1.35. The topological polar surface area (TPSA) is 69.3 Å². The van der Waals surface area contributed by atoms with E-state index in [2.05, 4.69) is 26.3 Å². The van der Waals surface area contributed by atoms with E-state index < -0.39 is 0 Å². The van der Waals surface area contributed by atoms with Gasteiger partial charge in [-0.15, -0.1) is 0 Å². The summed E-state index contributed by atoms with van der Waals surface area (Å²) >= 11 is 3.50. The Balaban J connectivity index is 1.69. The first-order valence-electron chi connectivity index (χ1n) is 7.71. The Morgan fingerprint density at radius 3 is 2.56 bits per heavy atom. The number of furan rings is 1. The van der Waals surface area contributed by atoms with Crippen molar-refractivity contribution >= 4 is 27.5 Å². The predicted molar refractivity (Wildman–Crippen MR) is 98.2 cm³/mol. The molecule has 0 saturated carbocycles. The number of amides is 1. The molecule has 0 aliphatic heterocycles. The highest BCUT2D eigenvalue weighted by Gasteiger charge is 2.14. The number of anilines is 1. The molecule has 0 atom stereocenters. The lowest BCUT2D eigenvalue weighted by atomic mass is 10.3. The Bertz CT molecular complexity index is 897. The summed E-state index contributed by atoms with van der Waals surface area (Å²) < 4.78 is 13.6. The van der Waals surface area contributed by atoms with Crippen LogP contribution in [0, 0.1) is 13.8 Å². The van der Waals surface area contributed by atoms with Crippen molar-refractivity contribution in [1.29, 1.82) is 0 Å². The van der Waals surface area contributed by atoms with Crippen molar-refractivity contribution in [2.75, 3.05) is 12.4 Å². The standard InChI is InChI=1S/C18H18BrN3O3/c1-11-17(19)12(2)22(21-11)10-15-8-9-16(25-15)18(23)20-13-4-6-14(24-3)7-5-13/h4-9H,10H2,1-3H3,(H,20,23). The number of aryl methyl sites for hydroxylation is 1. The predicted octanol–water partition coefficient (Wildman–Crippen LogP) is 4.16. The molecule has 2 aromatic heterocycles. The van der Waals surface area contributed by atoms with Crippen LogP contribution >= 0.6 is 15.9 Å². The molecule has 0 aliphatic rings. The molecule has 0 bridgehead atoms. The van der Waals surface area contributed by atoms with E-state index in [0.29, 0.717) is 18.0 Å². The highest BCUT2D eigenvalue weighted by Crippen LogP contribution is 2.21. The van der Waals surface area contributed by atoms with Gasteiger partial charge in [-0.1, -0.05) is 0 Å². The monoisotopic (exact) mass is 403 g/mol. The van der Waals surface area contributed by atoms with E-state index in [1.54, 1.807) is 43.5 Å². The van der Waals surface area contributed by atoms with Crippen molar-refractivity contribution in [3.05, 3.63) is 63.8 Å². The van der Waals surface area contributed by atoms with E-state index in [4.69, 9.17) is 9.15 Å². The average Bonchev–Trinajstić information content (AvgIpc) is 3.17. The van der Waals surface area contributed by atoms with Gasteiger partial charge in [0.05, 0.1) is 29.5 Å². The number of aromatic nitrogens is 2. The van der Waals surface area contributed by atoms with E-state index >= 15 is 0 Å². The van der Waals surface area contributed by atoms with Gasteiger partial charge in [0.15, 0.2) is 5.76 Å². The van der Waals surface area contributed by atoms with Gasteiger partial charge in [-0.2, -0.15) is 5.10 Å². The highest BCUT2D eigenvalue weighted by molar-refractivity contribution is 9.10. The van der Waals surface area contributed by atoms with Gasteiger partial charge in [0.25, 0.3) is 5.91 Å². The van der Waals surface area contributed by atoms with Gasteiger partial charge in [0, 0.05) is 5.69 Å². The van der Waals surface area contributed by atoms with E-state index in [1.165, 1.54) is 0 Å². The van der Waals surface area contributed by atoms with E-state index in [9.17, 15) is 4.79 Å². The van der Waals surface area contributed by atoms with Crippen LogP contribution < -0.4 is 10.1 Å². The number of carbonyl (C=O) groups is 1. The molecule has 1 N–H and O–H groups in total. The summed E-state index contributed by atoms with van der Waals surface area (Å²) in [6.07, 6.45) is 0. The number of hydrogen-bond acceptors (Lipinski definition) is 4. The average molecular weight is 404 g/mol. The summed E-state index contributed by atoms with van der Waals surface area (Å²) in [4.78, 5) is 12.3. The zero-order chi connectivity index (χ0) is 18.0. The molecule has 3 aromatic rings. The maximum Gasteiger partial charge on any atom is 0.291 e. The number of ether oxygens (including phenoxy) is 1. The van der Waals surface area contributed by atoms with Crippen LogP contribution in [-0.4, -0.2) is 22.8 Å². The molecular formula is C18H18BrN3O3. The molecule has 7 heteroatoms. The molecule has 1 aromatic carbocycles. The molecule has 1 amide bonds. The second-order valence-electron chi connectivity index (χ2n) is 5.59. The Morgan fingerprint density at radius 2 is 1.96 bits per heavy atom. The molecule has 2 heterocycles. The van der Waals surface area contributed by atoms with Gasteiger partial charge in [-0.25, -0.2) is 0 Å². The molecular weight excluding hydrogens is 386 g/mol. The fourth-order valence-corrected chi connectivity index (χ4v) is 2.71. The van der Waals surface area contributed by atoms with Crippen molar-refractivity contribution in [1.82, 2.24) is 9.78 Å². The lowest BCUT2D eigenvalue weighted by Gasteiger charge is -2.05. The fourth-order valence-electron chi connectivity index (χ4n) is 2.43. The molecule has 0 unspecified atom stereocenters. The third-order valence-corrected chi connectivity index (χ3v) is 4.98. The van der Waals surface area contributed by atoms with Gasteiger partial charge >= 0.3 is 0 Å². The number of nitrogens with zero attached hydrogens (tertiary/aromatic N) is 2. The Hall–Kier alpha value is -2.54. The van der Waals surface area contributed by atoms with E-state index in [-0.39, 0.29) is 11.7 Å². The van der Waals surface area contributed by atoms with Crippen molar-refractivity contribution in [2.45, 2.75) is 20.4 Å². The first kappa shape index (κ1) is 17.3. The second kappa shape index (κ2) is 7.14. The number of methoxy groups -OCH3 is 1. The number of nitrogens with one attached hydrogen (secondary N) is 1. The van der Waals surface area contributed by atoms with Crippen LogP contribution in [0.5, 0.6) is 5.75 Å². The molecule has 0 fully saturated rings. The molecule has 0 spiro atoms. The number of carbonyl (C=O) groups excluding carboxylic acids is 1. The van der Waals surface area contributed by atoms with Crippen molar-refractivity contribution in [3.8, 4) is 5.75 Å². The summed E-state index contributed by atoms with van der Waals surface area (Å²) in [5, 5.41) is 7.23. The largest absolute Gasteiger partial charge is 0.497 e. The second-order valence-corrected chi connectivity index (χ2v) is 6.38. The SMILES string of the molecule is COc1ccc(NC(=O)c2ccc(Cn3nc(C)c(Br)c3C)o2)cc1. The maximum absolute atomic E-state index is 12.3.